The van der Waals surface area contributed by atoms with E-state index in [1.165, 1.54) is 4.90 Å². The minimum Gasteiger partial charge on any atom is -0.494 e. The molecule has 7 heteroatoms. The predicted molar refractivity (Wildman–Crippen MR) is 128 cm³/mol. The van der Waals surface area contributed by atoms with Gasteiger partial charge in [0.05, 0.1) is 17.9 Å². The Labute approximate surface area is 197 Å². The number of hydrogen-bond acceptors (Lipinski definition) is 4. The number of amides is 3. The van der Waals surface area contributed by atoms with Gasteiger partial charge in [0.25, 0.3) is 11.8 Å². The summed E-state index contributed by atoms with van der Waals surface area (Å²) in [6.07, 6.45) is 0.380. The van der Waals surface area contributed by atoms with Crippen molar-refractivity contribution in [3.8, 4) is 5.75 Å². The van der Waals surface area contributed by atoms with E-state index in [4.69, 9.17) is 4.74 Å². The lowest BCUT2D eigenvalue weighted by Gasteiger charge is -2.49. The number of fused-ring (bicyclic) bond motifs is 3. The number of hydrogen-bond donors (Lipinski definition) is 1. The van der Waals surface area contributed by atoms with Crippen LogP contribution in [-0.4, -0.2) is 34.9 Å². The van der Waals surface area contributed by atoms with E-state index in [1.807, 2.05) is 37.3 Å². The van der Waals surface area contributed by atoms with Gasteiger partial charge in [-0.15, -0.1) is 0 Å². The van der Waals surface area contributed by atoms with E-state index in [0.717, 1.165) is 5.56 Å². The molecule has 1 atom stereocenters. The van der Waals surface area contributed by atoms with Gasteiger partial charge >= 0.3 is 0 Å². The predicted octanol–water partition coefficient (Wildman–Crippen LogP) is 4.20. The first-order valence-electron chi connectivity index (χ1n) is 11.4. The van der Waals surface area contributed by atoms with E-state index in [9.17, 15) is 14.4 Å². The summed E-state index contributed by atoms with van der Waals surface area (Å²) in [5.74, 6) is -0.169. The van der Waals surface area contributed by atoms with E-state index in [1.54, 1.807) is 53.4 Å². The molecule has 1 unspecified atom stereocenters. The Balaban J connectivity index is 1.58. The lowest BCUT2D eigenvalue weighted by atomic mass is 9.94. The number of anilines is 2. The highest BCUT2D eigenvalue weighted by atomic mass is 16.5. The maximum Gasteiger partial charge on any atom is 0.271 e. The number of nitrogens with one attached hydrogen (secondary N) is 1. The molecule has 0 saturated carbocycles. The maximum absolute atomic E-state index is 14.0. The van der Waals surface area contributed by atoms with Crippen LogP contribution in [0.15, 0.2) is 78.9 Å². The van der Waals surface area contributed by atoms with Crippen molar-refractivity contribution in [3.63, 3.8) is 0 Å². The largest absolute Gasteiger partial charge is 0.494 e. The fraction of sp³-hybridized carbons (Fsp3) is 0.222. The number of nitrogens with zero attached hydrogens (tertiary/aromatic N) is 2. The highest BCUT2D eigenvalue weighted by Crippen LogP contribution is 2.45. The molecule has 3 aromatic carbocycles. The second-order valence-corrected chi connectivity index (χ2v) is 8.35. The Morgan fingerprint density at radius 1 is 0.971 bits per heavy atom. The SMILES string of the molecule is CCOc1ccc(NC(=O)C23CCC(=O)N2c2ccccc2C(=O)N3Cc2ccccc2)cc1. The third-order valence-electron chi connectivity index (χ3n) is 6.34. The fourth-order valence-corrected chi connectivity index (χ4v) is 4.80. The van der Waals surface area contributed by atoms with Crippen LogP contribution in [-0.2, 0) is 16.1 Å². The number of benzene rings is 3. The topological polar surface area (TPSA) is 79.0 Å². The van der Waals surface area contributed by atoms with Gasteiger partial charge in [-0.05, 0) is 48.9 Å². The standard InChI is InChI=1S/C27H25N3O4/c1-2-34-21-14-12-20(13-15-21)28-26(33)27-17-16-24(31)30(27)23-11-7-6-10-22(23)25(32)29(27)18-19-8-4-3-5-9-19/h3-15H,2,16-18H2,1H3,(H,28,33). The number of ether oxygens (including phenoxy) is 1. The zero-order chi connectivity index (χ0) is 23.7. The zero-order valence-corrected chi connectivity index (χ0v) is 18.9. The lowest BCUT2D eigenvalue weighted by Crippen LogP contribution is -2.69. The summed E-state index contributed by atoms with van der Waals surface area (Å²) >= 11 is 0. The summed E-state index contributed by atoms with van der Waals surface area (Å²) in [5.41, 5.74) is 0.868. The van der Waals surface area contributed by atoms with Crippen molar-refractivity contribution in [3.05, 3.63) is 90.0 Å². The number of para-hydroxylation sites is 1. The molecule has 5 rings (SSSR count). The van der Waals surface area contributed by atoms with Gasteiger partial charge in [0.1, 0.15) is 5.75 Å². The van der Waals surface area contributed by atoms with Gasteiger partial charge in [-0.3, -0.25) is 19.3 Å². The first-order chi connectivity index (χ1) is 16.5. The van der Waals surface area contributed by atoms with Crippen LogP contribution in [0.5, 0.6) is 5.75 Å². The minimum absolute atomic E-state index is 0.170. The van der Waals surface area contributed by atoms with Crippen LogP contribution >= 0.6 is 0 Å². The molecule has 7 nitrogen and oxygen atoms in total. The van der Waals surface area contributed by atoms with Crippen LogP contribution < -0.4 is 15.0 Å². The van der Waals surface area contributed by atoms with E-state index in [0.29, 0.717) is 29.3 Å². The van der Waals surface area contributed by atoms with Crippen molar-refractivity contribution in [1.29, 1.82) is 0 Å². The Hall–Kier alpha value is -4.13. The average molecular weight is 456 g/mol. The molecule has 172 valence electrons. The molecule has 0 aliphatic carbocycles. The highest BCUT2D eigenvalue weighted by Gasteiger charge is 2.60. The van der Waals surface area contributed by atoms with Crippen LogP contribution in [0.25, 0.3) is 0 Å². The summed E-state index contributed by atoms with van der Waals surface area (Å²) < 4.78 is 5.48. The molecule has 2 heterocycles. The Morgan fingerprint density at radius 3 is 2.41 bits per heavy atom. The molecular formula is C27H25N3O4. The van der Waals surface area contributed by atoms with Crippen LogP contribution in [0.3, 0.4) is 0 Å². The van der Waals surface area contributed by atoms with Crippen molar-refractivity contribution >= 4 is 29.1 Å². The van der Waals surface area contributed by atoms with Gasteiger partial charge in [0.2, 0.25) is 11.6 Å². The second-order valence-electron chi connectivity index (χ2n) is 8.35. The molecule has 1 N–H and O–H groups in total. The Morgan fingerprint density at radius 2 is 1.68 bits per heavy atom. The maximum atomic E-state index is 14.0. The molecule has 34 heavy (non-hydrogen) atoms. The Bertz CT molecular complexity index is 1240. The van der Waals surface area contributed by atoms with Crippen LogP contribution in [0.4, 0.5) is 11.4 Å². The van der Waals surface area contributed by atoms with Crippen molar-refractivity contribution in [2.24, 2.45) is 0 Å². The van der Waals surface area contributed by atoms with E-state index >= 15 is 0 Å². The molecular weight excluding hydrogens is 430 g/mol. The third kappa shape index (κ3) is 3.50. The molecule has 0 bridgehead atoms. The van der Waals surface area contributed by atoms with Gasteiger partial charge in [-0.25, -0.2) is 0 Å². The summed E-state index contributed by atoms with van der Waals surface area (Å²) in [6, 6.07) is 23.5. The van der Waals surface area contributed by atoms with Crippen molar-refractivity contribution < 1.29 is 19.1 Å². The number of rotatable bonds is 6. The quantitative estimate of drug-likeness (QED) is 0.604. The smallest absolute Gasteiger partial charge is 0.271 e. The monoisotopic (exact) mass is 455 g/mol. The van der Waals surface area contributed by atoms with Crippen molar-refractivity contribution in [2.45, 2.75) is 32.0 Å². The molecule has 3 aromatic rings. The van der Waals surface area contributed by atoms with Gasteiger partial charge < -0.3 is 15.0 Å². The minimum atomic E-state index is -1.46. The van der Waals surface area contributed by atoms with Gasteiger partial charge in [0, 0.05) is 25.1 Å². The van der Waals surface area contributed by atoms with Crippen molar-refractivity contribution in [1.82, 2.24) is 4.90 Å². The summed E-state index contributed by atoms with van der Waals surface area (Å²) in [7, 11) is 0. The van der Waals surface area contributed by atoms with Gasteiger partial charge in [0.15, 0.2) is 0 Å². The molecule has 0 spiro atoms. The highest BCUT2D eigenvalue weighted by molar-refractivity contribution is 6.18. The van der Waals surface area contributed by atoms with Crippen LogP contribution in [0, 0.1) is 0 Å². The fourth-order valence-electron chi connectivity index (χ4n) is 4.80. The van der Waals surface area contributed by atoms with E-state index < -0.39 is 11.6 Å². The normalized spacial score (nSPS) is 19.0. The van der Waals surface area contributed by atoms with Crippen LogP contribution in [0.2, 0.25) is 0 Å². The summed E-state index contributed by atoms with van der Waals surface area (Å²) in [4.78, 5) is 43.9. The third-order valence-corrected chi connectivity index (χ3v) is 6.34. The van der Waals surface area contributed by atoms with E-state index in [2.05, 4.69) is 5.32 Å². The molecule has 0 radical (unpaired) electrons. The first kappa shape index (κ1) is 21.7. The summed E-state index contributed by atoms with van der Waals surface area (Å²) in [5, 5.41) is 2.95. The molecule has 2 aliphatic heterocycles. The molecule has 3 amide bonds. The average Bonchev–Trinajstić information content (AvgIpc) is 3.22. The van der Waals surface area contributed by atoms with E-state index in [-0.39, 0.29) is 31.2 Å². The molecule has 1 saturated heterocycles. The Kier molecular flexibility index (Phi) is 5.53. The zero-order valence-electron chi connectivity index (χ0n) is 18.9. The van der Waals surface area contributed by atoms with Gasteiger partial charge in [-0.1, -0.05) is 42.5 Å². The number of carbonyl (C=O) groups is 3. The molecule has 2 aliphatic rings. The first-order valence-corrected chi connectivity index (χ1v) is 11.4. The molecule has 1 fully saturated rings. The lowest BCUT2D eigenvalue weighted by molar-refractivity contribution is -0.129. The summed E-state index contributed by atoms with van der Waals surface area (Å²) in [6.45, 7) is 2.65. The number of carbonyl (C=O) groups excluding carboxylic acids is 3. The van der Waals surface area contributed by atoms with Crippen LogP contribution in [0.1, 0.15) is 35.7 Å². The van der Waals surface area contributed by atoms with Gasteiger partial charge in [-0.2, -0.15) is 0 Å². The van der Waals surface area contributed by atoms with Crippen molar-refractivity contribution in [2.75, 3.05) is 16.8 Å². The molecule has 0 aromatic heterocycles. The second kappa shape index (κ2) is 8.67.